The van der Waals surface area contributed by atoms with Crippen LogP contribution in [0.2, 0.25) is 0 Å². The van der Waals surface area contributed by atoms with Gasteiger partial charge < -0.3 is 10.4 Å². The highest BCUT2D eigenvalue weighted by Gasteiger charge is 2.21. The Morgan fingerprint density at radius 3 is 2.39 bits per heavy atom. The summed E-state index contributed by atoms with van der Waals surface area (Å²) in [7, 11) is 0. The summed E-state index contributed by atoms with van der Waals surface area (Å²) >= 11 is 0. The molecule has 0 saturated carbocycles. The van der Waals surface area contributed by atoms with Crippen molar-refractivity contribution in [2.24, 2.45) is 0 Å². The molecule has 4 aromatic rings. The average molecular weight is 436 g/mol. The van der Waals surface area contributed by atoms with Gasteiger partial charge in [-0.05, 0) is 55.0 Å². The molecule has 1 aromatic heterocycles. The average Bonchev–Trinajstić information content (AvgIpc) is 2.82. The van der Waals surface area contributed by atoms with Crippen LogP contribution >= 0.6 is 0 Å². The van der Waals surface area contributed by atoms with Gasteiger partial charge in [0, 0.05) is 16.6 Å². The number of nitrogens with zero attached hydrogens (tertiary/aromatic N) is 1. The number of fused-ring (bicyclic) bond motifs is 1. The first kappa shape index (κ1) is 21.6. The zero-order valence-corrected chi connectivity index (χ0v) is 17.8. The van der Waals surface area contributed by atoms with E-state index in [0.717, 1.165) is 10.9 Å². The van der Waals surface area contributed by atoms with Crippen LogP contribution in [0.3, 0.4) is 0 Å². The summed E-state index contributed by atoms with van der Waals surface area (Å²) in [6, 6.07) is 24.8. The molecule has 0 fully saturated rings. The van der Waals surface area contributed by atoms with Gasteiger partial charge >= 0.3 is 5.97 Å². The number of ketones is 1. The van der Waals surface area contributed by atoms with Gasteiger partial charge in [-0.15, -0.1) is 0 Å². The van der Waals surface area contributed by atoms with E-state index < -0.39 is 11.8 Å². The quantitative estimate of drug-likeness (QED) is 0.328. The third kappa shape index (κ3) is 5.02. The van der Waals surface area contributed by atoms with Gasteiger partial charge in [-0.25, -0.2) is 9.78 Å². The molecular formula is C27H20N2O4. The predicted octanol–water partition coefficient (Wildman–Crippen LogP) is 4.99. The molecule has 4 rings (SSSR count). The molecule has 0 atom stereocenters. The monoisotopic (exact) mass is 436 g/mol. The van der Waals surface area contributed by atoms with E-state index in [1.54, 1.807) is 54.6 Å². The number of amides is 1. The van der Waals surface area contributed by atoms with E-state index in [1.165, 1.54) is 6.08 Å². The number of rotatable bonds is 6. The molecular weight excluding hydrogens is 416 g/mol. The van der Waals surface area contributed by atoms with Gasteiger partial charge in [-0.3, -0.25) is 9.59 Å². The lowest BCUT2D eigenvalue weighted by atomic mass is 10.0. The Morgan fingerprint density at radius 2 is 1.64 bits per heavy atom. The predicted molar refractivity (Wildman–Crippen MR) is 128 cm³/mol. The Labute approximate surface area is 190 Å². The third-order valence-corrected chi connectivity index (χ3v) is 5.08. The topological polar surface area (TPSA) is 96.4 Å². The van der Waals surface area contributed by atoms with Gasteiger partial charge in [0.1, 0.15) is 0 Å². The minimum absolute atomic E-state index is 0.0461. The fraction of sp³-hybridized carbons (Fsp3) is 0.0370. The Morgan fingerprint density at radius 1 is 0.879 bits per heavy atom. The number of hydrogen-bond acceptors (Lipinski definition) is 4. The summed E-state index contributed by atoms with van der Waals surface area (Å²) in [4.78, 5) is 41.0. The number of benzene rings is 3. The van der Waals surface area contributed by atoms with Crippen molar-refractivity contribution in [2.45, 2.75) is 6.92 Å². The minimum Gasteiger partial charge on any atom is -0.475 e. The van der Waals surface area contributed by atoms with Crippen LogP contribution in [0.25, 0.3) is 22.6 Å². The maximum absolute atomic E-state index is 12.5. The van der Waals surface area contributed by atoms with Crippen LogP contribution in [0.5, 0.6) is 0 Å². The normalized spacial score (nSPS) is 11.2. The standard InChI is InChI=1S/C27H20N2O4/c1-17-9-11-20(12-10-17)26(31)28-21-7-4-5-18(15-21)16-22(25(30)27(32)33)24-14-13-19-6-2-3-8-23(19)29-24/h2-16H,1H3,(H,28,31)(H,32,33)/b22-16+. The largest absolute Gasteiger partial charge is 0.475 e. The van der Waals surface area contributed by atoms with E-state index in [1.807, 2.05) is 37.3 Å². The van der Waals surface area contributed by atoms with Crippen LogP contribution in [0.15, 0.2) is 84.9 Å². The number of aromatic nitrogens is 1. The number of carbonyl (C=O) groups excluding carboxylic acids is 2. The first-order valence-electron chi connectivity index (χ1n) is 10.2. The number of nitrogens with one attached hydrogen (secondary N) is 1. The van der Waals surface area contributed by atoms with Crippen molar-refractivity contribution in [2.75, 3.05) is 5.32 Å². The first-order chi connectivity index (χ1) is 15.9. The molecule has 0 aliphatic heterocycles. The van der Waals surface area contributed by atoms with Gasteiger partial charge in [0.25, 0.3) is 11.7 Å². The maximum atomic E-state index is 12.5. The summed E-state index contributed by atoms with van der Waals surface area (Å²) in [6.45, 7) is 1.94. The van der Waals surface area contributed by atoms with E-state index in [4.69, 9.17) is 0 Å². The molecule has 1 amide bonds. The summed E-state index contributed by atoms with van der Waals surface area (Å²) < 4.78 is 0. The molecule has 6 nitrogen and oxygen atoms in total. The minimum atomic E-state index is -1.57. The number of carbonyl (C=O) groups is 3. The van der Waals surface area contributed by atoms with Crippen molar-refractivity contribution in [3.63, 3.8) is 0 Å². The van der Waals surface area contributed by atoms with Gasteiger partial charge in [-0.2, -0.15) is 0 Å². The summed E-state index contributed by atoms with van der Waals surface area (Å²) in [5.41, 5.74) is 3.50. The second-order valence-corrected chi connectivity index (χ2v) is 7.53. The molecule has 2 N–H and O–H groups in total. The van der Waals surface area contributed by atoms with Gasteiger partial charge in [0.2, 0.25) is 0 Å². The van der Waals surface area contributed by atoms with Crippen LogP contribution in [0.4, 0.5) is 5.69 Å². The van der Waals surface area contributed by atoms with Gasteiger partial charge in [0.05, 0.1) is 16.8 Å². The highest BCUT2D eigenvalue weighted by atomic mass is 16.4. The molecule has 0 aliphatic rings. The van der Waals surface area contributed by atoms with Crippen LogP contribution < -0.4 is 5.32 Å². The second kappa shape index (κ2) is 9.28. The van der Waals surface area contributed by atoms with Crippen LogP contribution in [-0.2, 0) is 9.59 Å². The number of aryl methyl sites for hydroxylation is 1. The van der Waals surface area contributed by atoms with E-state index in [9.17, 15) is 19.5 Å². The molecule has 6 heteroatoms. The SMILES string of the molecule is Cc1ccc(C(=O)Nc2cccc(/C=C(/C(=O)C(=O)O)c3ccc4ccccc4n3)c2)cc1. The van der Waals surface area contributed by atoms with E-state index in [0.29, 0.717) is 22.3 Å². The molecule has 162 valence electrons. The molecule has 0 unspecified atom stereocenters. The maximum Gasteiger partial charge on any atom is 0.377 e. The number of pyridine rings is 1. The zero-order chi connectivity index (χ0) is 23.4. The van der Waals surface area contributed by atoms with E-state index in [2.05, 4.69) is 10.3 Å². The Kier molecular flexibility index (Phi) is 6.09. The number of carboxylic acid groups (broad SMARTS) is 1. The van der Waals surface area contributed by atoms with Crippen molar-refractivity contribution < 1.29 is 19.5 Å². The third-order valence-electron chi connectivity index (χ3n) is 5.08. The number of carboxylic acids is 1. The lowest BCUT2D eigenvalue weighted by Crippen LogP contribution is -2.15. The molecule has 0 radical (unpaired) electrons. The van der Waals surface area contributed by atoms with Crippen molar-refractivity contribution in [3.05, 3.63) is 107 Å². The number of anilines is 1. The number of Topliss-reactive ketones (excluding diaryl/α,β-unsaturated/α-hetero) is 1. The Bertz CT molecular complexity index is 1410. The highest BCUT2D eigenvalue weighted by molar-refractivity contribution is 6.52. The van der Waals surface area contributed by atoms with Gasteiger partial charge in [0.15, 0.2) is 0 Å². The molecule has 3 aromatic carbocycles. The molecule has 33 heavy (non-hydrogen) atoms. The number of para-hydroxylation sites is 1. The van der Waals surface area contributed by atoms with E-state index >= 15 is 0 Å². The van der Waals surface area contributed by atoms with Crippen LogP contribution in [0.1, 0.15) is 27.2 Å². The molecule has 0 aliphatic carbocycles. The van der Waals surface area contributed by atoms with Crippen LogP contribution in [-0.4, -0.2) is 27.8 Å². The van der Waals surface area contributed by atoms with Crippen molar-refractivity contribution >= 4 is 45.9 Å². The van der Waals surface area contributed by atoms with Gasteiger partial charge in [-0.1, -0.05) is 54.1 Å². The Balaban J connectivity index is 1.68. The lowest BCUT2D eigenvalue weighted by molar-refractivity contribution is -0.146. The van der Waals surface area contributed by atoms with E-state index in [-0.39, 0.29) is 17.2 Å². The van der Waals surface area contributed by atoms with Crippen molar-refractivity contribution in [1.82, 2.24) is 4.98 Å². The summed E-state index contributed by atoms with van der Waals surface area (Å²) in [5, 5.41) is 13.1. The summed E-state index contributed by atoms with van der Waals surface area (Å²) in [6.07, 6.45) is 1.47. The summed E-state index contributed by atoms with van der Waals surface area (Å²) in [5.74, 6) is -2.90. The molecule has 0 spiro atoms. The number of aliphatic carboxylic acids is 1. The zero-order valence-electron chi connectivity index (χ0n) is 17.8. The Hall–Kier alpha value is -4.58. The molecule has 0 saturated heterocycles. The molecule has 1 heterocycles. The number of hydrogen-bond donors (Lipinski definition) is 2. The highest BCUT2D eigenvalue weighted by Crippen LogP contribution is 2.23. The first-order valence-corrected chi connectivity index (χ1v) is 10.2. The second-order valence-electron chi connectivity index (χ2n) is 7.53. The smallest absolute Gasteiger partial charge is 0.377 e. The van der Waals surface area contributed by atoms with Crippen molar-refractivity contribution in [3.8, 4) is 0 Å². The van der Waals surface area contributed by atoms with Crippen molar-refractivity contribution in [1.29, 1.82) is 0 Å². The molecule has 0 bridgehead atoms. The fourth-order valence-corrected chi connectivity index (χ4v) is 3.37. The fourth-order valence-electron chi connectivity index (χ4n) is 3.37. The van der Waals surface area contributed by atoms with Crippen LogP contribution in [0, 0.1) is 6.92 Å². The lowest BCUT2D eigenvalue weighted by Gasteiger charge is -2.08.